The Labute approximate surface area is 221 Å². The molecule has 0 saturated carbocycles. The minimum absolute atomic E-state index is 0.00899. The van der Waals surface area contributed by atoms with E-state index in [0.29, 0.717) is 0 Å². The molecule has 1 aromatic rings. The second kappa shape index (κ2) is 17.5. The Balaban J connectivity index is 2.87. The molecule has 2 atom stereocenters. The maximum atomic E-state index is 12.7. The van der Waals surface area contributed by atoms with Gasteiger partial charge in [0.1, 0.15) is 12.1 Å². The Morgan fingerprint density at radius 3 is 1.18 bits per heavy atom. The first-order valence-corrected chi connectivity index (χ1v) is 12.5. The number of carbonyl (C=O) groups excluding carboxylic acids is 6. The van der Waals surface area contributed by atoms with E-state index in [0.717, 1.165) is 0 Å². The quantitative estimate of drug-likeness (QED) is 0.235. The fourth-order valence-electron chi connectivity index (χ4n) is 3.23. The molecule has 12 nitrogen and oxygen atoms in total. The monoisotopic (exact) mass is 536 g/mol. The third-order valence-corrected chi connectivity index (χ3v) is 5.05. The van der Waals surface area contributed by atoms with E-state index in [2.05, 4.69) is 10.6 Å². The van der Waals surface area contributed by atoms with Gasteiger partial charge in [0.15, 0.2) is 0 Å². The van der Waals surface area contributed by atoms with Gasteiger partial charge in [-0.2, -0.15) is 0 Å². The van der Waals surface area contributed by atoms with Crippen LogP contribution in [0.1, 0.15) is 74.1 Å². The van der Waals surface area contributed by atoms with E-state index < -0.39 is 47.8 Å². The maximum Gasteiger partial charge on any atom is 0.328 e. The molecule has 0 aliphatic rings. The average molecular weight is 537 g/mol. The average Bonchev–Trinajstić information content (AvgIpc) is 2.89. The Morgan fingerprint density at radius 2 is 0.895 bits per heavy atom. The molecule has 210 valence electrons. The zero-order valence-corrected chi connectivity index (χ0v) is 22.2. The lowest BCUT2D eigenvalue weighted by Crippen LogP contribution is -2.42. The van der Waals surface area contributed by atoms with Crippen molar-refractivity contribution in [2.75, 3.05) is 26.4 Å². The lowest BCUT2D eigenvalue weighted by Gasteiger charge is -2.18. The second-order valence-corrected chi connectivity index (χ2v) is 7.82. The summed E-state index contributed by atoms with van der Waals surface area (Å²) >= 11 is 0. The van der Waals surface area contributed by atoms with Gasteiger partial charge in [-0.15, -0.1) is 0 Å². The maximum absolute atomic E-state index is 12.7. The van der Waals surface area contributed by atoms with Gasteiger partial charge in [0.05, 0.1) is 26.4 Å². The molecule has 1 aromatic carbocycles. The van der Waals surface area contributed by atoms with E-state index in [9.17, 15) is 28.8 Å². The minimum Gasteiger partial charge on any atom is -0.466 e. The van der Waals surface area contributed by atoms with E-state index in [1.807, 2.05) is 0 Å². The number of amides is 2. The predicted molar refractivity (Wildman–Crippen MR) is 134 cm³/mol. The van der Waals surface area contributed by atoms with Gasteiger partial charge in [-0.05, 0) is 64.8 Å². The van der Waals surface area contributed by atoms with Crippen LogP contribution < -0.4 is 10.6 Å². The summed E-state index contributed by atoms with van der Waals surface area (Å²) in [6, 6.07) is 3.34. The Hall–Kier alpha value is -3.96. The molecule has 0 fully saturated rings. The van der Waals surface area contributed by atoms with Gasteiger partial charge in [-0.25, -0.2) is 9.59 Å². The van der Waals surface area contributed by atoms with E-state index in [4.69, 9.17) is 18.9 Å². The normalized spacial score (nSPS) is 11.9. The van der Waals surface area contributed by atoms with Crippen molar-refractivity contribution >= 4 is 35.7 Å². The molecule has 1 rings (SSSR count). The molecule has 12 heteroatoms. The van der Waals surface area contributed by atoms with Gasteiger partial charge >= 0.3 is 23.9 Å². The Bertz CT molecular complexity index is 884. The molecule has 2 unspecified atom stereocenters. The SMILES string of the molecule is CCOC(=O)CCC(NC(=O)c1ccc(C(=O)NC(CCC(=O)OCC)C(=O)OCC)cc1)C(=O)OCC. The van der Waals surface area contributed by atoms with Gasteiger partial charge in [0.25, 0.3) is 11.8 Å². The van der Waals surface area contributed by atoms with Gasteiger partial charge in [-0.1, -0.05) is 0 Å². The lowest BCUT2D eigenvalue weighted by molar-refractivity contribution is -0.148. The van der Waals surface area contributed by atoms with Gasteiger partial charge in [0, 0.05) is 24.0 Å². The highest BCUT2D eigenvalue weighted by atomic mass is 16.5. The van der Waals surface area contributed by atoms with Crippen molar-refractivity contribution in [3.05, 3.63) is 35.4 Å². The van der Waals surface area contributed by atoms with Crippen molar-refractivity contribution in [2.24, 2.45) is 0 Å². The molecule has 2 amide bonds. The number of hydrogen-bond donors (Lipinski definition) is 2. The molecular formula is C26H36N2O10. The standard InChI is InChI=1S/C26H36N2O10/c1-5-35-21(29)15-13-19(25(33)37-7-3)27-23(31)17-9-11-18(12-10-17)24(32)28-20(26(34)38-8-4)14-16-22(30)36-6-2/h9-12,19-20H,5-8,13-16H2,1-4H3,(H,27,31)(H,28,32). The topological polar surface area (TPSA) is 163 Å². The molecule has 0 aliphatic heterocycles. The molecule has 0 bridgehead atoms. The van der Waals surface area contributed by atoms with E-state index in [1.165, 1.54) is 24.3 Å². The van der Waals surface area contributed by atoms with Crippen LogP contribution in [0.2, 0.25) is 0 Å². The van der Waals surface area contributed by atoms with Crippen molar-refractivity contribution in [2.45, 2.75) is 65.5 Å². The highest BCUT2D eigenvalue weighted by Gasteiger charge is 2.26. The van der Waals surface area contributed by atoms with Crippen LogP contribution in [0.3, 0.4) is 0 Å². The van der Waals surface area contributed by atoms with Crippen LogP contribution in [-0.4, -0.2) is 74.2 Å². The van der Waals surface area contributed by atoms with Crippen LogP contribution >= 0.6 is 0 Å². The molecular weight excluding hydrogens is 500 g/mol. The van der Waals surface area contributed by atoms with Crippen molar-refractivity contribution in [3.63, 3.8) is 0 Å². The Kier molecular flexibility index (Phi) is 14.8. The van der Waals surface area contributed by atoms with Crippen LogP contribution in [0.5, 0.6) is 0 Å². The largest absolute Gasteiger partial charge is 0.466 e. The summed E-state index contributed by atoms with van der Waals surface area (Å²) in [5, 5.41) is 5.07. The number of ether oxygens (including phenoxy) is 4. The summed E-state index contributed by atoms with van der Waals surface area (Å²) in [7, 11) is 0. The first kappa shape index (κ1) is 32.1. The fraction of sp³-hybridized carbons (Fsp3) is 0.538. The van der Waals surface area contributed by atoms with Crippen LogP contribution in [0.4, 0.5) is 0 Å². The first-order chi connectivity index (χ1) is 18.2. The summed E-state index contributed by atoms with van der Waals surface area (Å²) in [6.07, 6.45) is -0.196. The summed E-state index contributed by atoms with van der Waals surface area (Å²) < 4.78 is 19.7. The summed E-state index contributed by atoms with van der Waals surface area (Å²) in [4.78, 5) is 73.3. The van der Waals surface area contributed by atoms with Gasteiger partial charge < -0.3 is 29.6 Å². The molecule has 0 heterocycles. The fourth-order valence-corrected chi connectivity index (χ4v) is 3.23. The number of hydrogen-bond acceptors (Lipinski definition) is 10. The molecule has 38 heavy (non-hydrogen) atoms. The zero-order chi connectivity index (χ0) is 28.5. The minimum atomic E-state index is -1.07. The predicted octanol–water partition coefficient (Wildman–Crippen LogP) is 1.70. The van der Waals surface area contributed by atoms with Crippen LogP contribution in [0, 0.1) is 0 Å². The molecule has 0 aromatic heterocycles. The first-order valence-electron chi connectivity index (χ1n) is 12.5. The molecule has 2 N–H and O–H groups in total. The van der Waals surface area contributed by atoms with Crippen molar-refractivity contribution in [1.82, 2.24) is 10.6 Å². The number of rotatable bonds is 16. The zero-order valence-electron chi connectivity index (χ0n) is 22.2. The molecule has 0 aliphatic carbocycles. The van der Waals surface area contributed by atoms with E-state index in [-0.39, 0.29) is 63.2 Å². The smallest absolute Gasteiger partial charge is 0.328 e. The molecule has 0 spiro atoms. The lowest BCUT2D eigenvalue weighted by atomic mass is 10.1. The Morgan fingerprint density at radius 1 is 0.579 bits per heavy atom. The summed E-state index contributed by atoms with van der Waals surface area (Å²) in [5.74, 6) is -3.61. The molecule has 0 saturated heterocycles. The highest BCUT2D eigenvalue weighted by Crippen LogP contribution is 2.10. The number of esters is 4. The highest BCUT2D eigenvalue weighted by molar-refractivity contribution is 6.00. The van der Waals surface area contributed by atoms with E-state index >= 15 is 0 Å². The summed E-state index contributed by atoms with van der Waals surface area (Å²) in [6.45, 7) is 7.15. The van der Waals surface area contributed by atoms with Gasteiger partial charge in [0.2, 0.25) is 0 Å². The third-order valence-electron chi connectivity index (χ3n) is 5.05. The van der Waals surface area contributed by atoms with Crippen LogP contribution in [0.25, 0.3) is 0 Å². The van der Waals surface area contributed by atoms with E-state index in [1.54, 1.807) is 27.7 Å². The number of carbonyl (C=O) groups is 6. The van der Waals surface area contributed by atoms with Crippen LogP contribution in [-0.2, 0) is 38.1 Å². The number of benzene rings is 1. The van der Waals surface area contributed by atoms with Crippen LogP contribution in [0.15, 0.2) is 24.3 Å². The van der Waals surface area contributed by atoms with Crippen molar-refractivity contribution in [1.29, 1.82) is 0 Å². The number of nitrogens with one attached hydrogen (secondary N) is 2. The van der Waals surface area contributed by atoms with Crippen molar-refractivity contribution < 1.29 is 47.7 Å². The third kappa shape index (κ3) is 11.4. The second-order valence-electron chi connectivity index (χ2n) is 7.82. The summed E-state index contributed by atoms with van der Waals surface area (Å²) in [5.41, 5.74) is 0.299. The molecule has 0 radical (unpaired) electrons. The van der Waals surface area contributed by atoms with Gasteiger partial charge in [-0.3, -0.25) is 19.2 Å². The van der Waals surface area contributed by atoms with Crippen molar-refractivity contribution in [3.8, 4) is 0 Å².